The molecule has 162 valence electrons. The van der Waals surface area contributed by atoms with Gasteiger partial charge in [0.1, 0.15) is 5.82 Å². The molecule has 0 radical (unpaired) electrons. The van der Waals surface area contributed by atoms with Crippen LogP contribution in [0.3, 0.4) is 0 Å². The normalized spacial score (nSPS) is 11.1. The fourth-order valence-electron chi connectivity index (χ4n) is 2.81. The average molecular weight is 509 g/mol. The minimum Gasteiger partial charge on any atom is -0.493 e. The van der Waals surface area contributed by atoms with E-state index in [2.05, 4.69) is 26.0 Å². The average Bonchev–Trinajstić information content (AvgIpc) is 2.73. The molecule has 0 spiro atoms. The van der Waals surface area contributed by atoms with Crippen molar-refractivity contribution in [3.05, 3.63) is 61.6 Å². The molecular weight excluding hydrogens is 490 g/mol. The lowest BCUT2D eigenvalue weighted by Gasteiger charge is -2.13. The van der Waals surface area contributed by atoms with Gasteiger partial charge in [0.05, 0.1) is 35.9 Å². The van der Waals surface area contributed by atoms with Crippen molar-refractivity contribution >= 4 is 50.6 Å². The summed E-state index contributed by atoms with van der Waals surface area (Å²) in [5.41, 5.74) is 0.850. The van der Waals surface area contributed by atoms with Gasteiger partial charge in [0.2, 0.25) is 0 Å². The van der Waals surface area contributed by atoms with Gasteiger partial charge >= 0.3 is 5.97 Å². The number of hydrogen-bond acceptors (Lipinski definition) is 7. The lowest BCUT2D eigenvalue weighted by atomic mass is 10.2. The number of ether oxygens (including phenoxy) is 3. The van der Waals surface area contributed by atoms with E-state index in [0.29, 0.717) is 28.0 Å². The number of aromatic nitrogens is 2. The monoisotopic (exact) mass is 507 g/mol. The number of carbonyl (C=O) groups is 1. The van der Waals surface area contributed by atoms with Gasteiger partial charge in [-0.15, -0.1) is 0 Å². The van der Waals surface area contributed by atoms with E-state index in [-0.39, 0.29) is 29.5 Å². The van der Waals surface area contributed by atoms with Crippen molar-refractivity contribution in [2.75, 3.05) is 20.3 Å². The largest absolute Gasteiger partial charge is 0.493 e. The van der Waals surface area contributed by atoms with Gasteiger partial charge in [-0.25, -0.2) is 9.78 Å². The van der Waals surface area contributed by atoms with Crippen molar-refractivity contribution in [3.8, 4) is 11.5 Å². The van der Waals surface area contributed by atoms with Crippen molar-refractivity contribution in [2.45, 2.75) is 13.8 Å². The number of methoxy groups -OCH3 is 1. The maximum Gasteiger partial charge on any atom is 0.344 e. The lowest BCUT2D eigenvalue weighted by molar-refractivity contribution is -0.145. The number of nitrogens with zero attached hydrogens (tertiary/aromatic N) is 3. The van der Waals surface area contributed by atoms with E-state index in [4.69, 9.17) is 25.8 Å². The number of rotatable bonds is 7. The number of benzene rings is 2. The fourth-order valence-corrected chi connectivity index (χ4v) is 3.44. The van der Waals surface area contributed by atoms with E-state index < -0.39 is 5.97 Å². The molecular formula is C21H19BrClN3O5. The van der Waals surface area contributed by atoms with Gasteiger partial charge in [-0.05, 0) is 49.7 Å². The molecule has 1 heterocycles. The molecule has 2 aromatic carbocycles. The summed E-state index contributed by atoms with van der Waals surface area (Å²) in [4.78, 5) is 28.8. The molecule has 0 N–H and O–H groups in total. The first kappa shape index (κ1) is 22.8. The van der Waals surface area contributed by atoms with Crippen molar-refractivity contribution in [2.24, 2.45) is 5.10 Å². The number of carbonyl (C=O) groups excluding carboxylic acids is 1. The van der Waals surface area contributed by atoms with Gasteiger partial charge in [-0.1, -0.05) is 27.5 Å². The van der Waals surface area contributed by atoms with Crippen LogP contribution in [0.2, 0.25) is 5.02 Å². The van der Waals surface area contributed by atoms with Crippen LogP contribution in [0.4, 0.5) is 0 Å². The van der Waals surface area contributed by atoms with Crippen molar-refractivity contribution in [1.82, 2.24) is 9.66 Å². The summed E-state index contributed by atoms with van der Waals surface area (Å²) in [6, 6.07) is 8.50. The summed E-state index contributed by atoms with van der Waals surface area (Å²) >= 11 is 9.67. The van der Waals surface area contributed by atoms with Crippen LogP contribution in [0.15, 0.2) is 44.7 Å². The van der Waals surface area contributed by atoms with E-state index in [0.717, 1.165) is 4.47 Å². The Morgan fingerprint density at radius 3 is 2.81 bits per heavy atom. The molecule has 0 saturated heterocycles. The van der Waals surface area contributed by atoms with Gasteiger partial charge < -0.3 is 14.2 Å². The van der Waals surface area contributed by atoms with E-state index in [9.17, 15) is 9.59 Å². The van der Waals surface area contributed by atoms with Gasteiger partial charge in [0.15, 0.2) is 18.1 Å². The summed E-state index contributed by atoms with van der Waals surface area (Å²) in [6.07, 6.45) is 1.46. The minimum atomic E-state index is -0.517. The third-order valence-electron chi connectivity index (χ3n) is 4.18. The SMILES string of the molecule is CCOC(=O)COc1c(Cl)cc(C=Nn2c(C)nc3ccc(Br)cc3c2=O)cc1OC. The second-order valence-electron chi connectivity index (χ2n) is 6.31. The molecule has 10 heteroatoms. The zero-order chi connectivity index (χ0) is 22.5. The Bertz CT molecular complexity index is 1230. The van der Waals surface area contributed by atoms with Crippen molar-refractivity contribution in [3.63, 3.8) is 0 Å². The molecule has 0 atom stereocenters. The highest BCUT2D eigenvalue weighted by atomic mass is 79.9. The van der Waals surface area contributed by atoms with Crippen LogP contribution in [-0.2, 0) is 9.53 Å². The zero-order valence-corrected chi connectivity index (χ0v) is 19.4. The molecule has 3 aromatic rings. The van der Waals surface area contributed by atoms with Crippen LogP contribution < -0.4 is 15.0 Å². The predicted octanol–water partition coefficient (Wildman–Crippen LogP) is 3.95. The van der Waals surface area contributed by atoms with E-state index in [1.807, 2.05) is 6.07 Å². The maximum absolute atomic E-state index is 12.8. The van der Waals surface area contributed by atoms with Crippen LogP contribution >= 0.6 is 27.5 Å². The number of halogens is 2. The molecule has 0 amide bonds. The standard InChI is InChI=1S/C21H19BrClN3O5/c1-4-30-19(27)11-31-20-16(23)7-13(8-18(20)29-3)10-24-26-12(2)25-17-6-5-14(22)9-15(17)21(26)28/h5-10H,4,11H2,1-3H3. The lowest BCUT2D eigenvalue weighted by Crippen LogP contribution is -2.20. The van der Waals surface area contributed by atoms with Gasteiger partial charge in [0.25, 0.3) is 5.56 Å². The molecule has 0 aliphatic carbocycles. The quantitative estimate of drug-likeness (QED) is 0.354. The minimum absolute atomic E-state index is 0.208. The van der Waals surface area contributed by atoms with Gasteiger partial charge in [-0.2, -0.15) is 9.78 Å². The van der Waals surface area contributed by atoms with E-state index in [1.165, 1.54) is 18.0 Å². The first-order valence-electron chi connectivity index (χ1n) is 9.23. The molecule has 0 unspecified atom stereocenters. The van der Waals surface area contributed by atoms with Gasteiger partial charge in [-0.3, -0.25) is 4.79 Å². The van der Waals surface area contributed by atoms with E-state index >= 15 is 0 Å². The van der Waals surface area contributed by atoms with Crippen molar-refractivity contribution in [1.29, 1.82) is 0 Å². The first-order chi connectivity index (χ1) is 14.8. The number of esters is 1. The zero-order valence-electron chi connectivity index (χ0n) is 17.0. The predicted molar refractivity (Wildman–Crippen MR) is 122 cm³/mol. The third kappa shape index (κ3) is 5.23. The molecule has 8 nitrogen and oxygen atoms in total. The summed E-state index contributed by atoms with van der Waals surface area (Å²) in [6.45, 7) is 3.35. The van der Waals surface area contributed by atoms with Crippen LogP contribution in [0.5, 0.6) is 11.5 Å². The highest BCUT2D eigenvalue weighted by molar-refractivity contribution is 9.10. The second-order valence-corrected chi connectivity index (χ2v) is 7.63. The second kappa shape index (κ2) is 9.93. The molecule has 1 aromatic heterocycles. The maximum atomic E-state index is 12.8. The molecule has 0 aliphatic heterocycles. The Hall–Kier alpha value is -2.91. The summed E-state index contributed by atoms with van der Waals surface area (Å²) < 4.78 is 17.6. The molecule has 0 saturated carbocycles. The number of hydrogen-bond donors (Lipinski definition) is 0. The molecule has 3 rings (SSSR count). The Kier molecular flexibility index (Phi) is 7.29. The molecule has 0 fully saturated rings. The van der Waals surface area contributed by atoms with E-state index in [1.54, 1.807) is 38.1 Å². The topological polar surface area (TPSA) is 92.0 Å². The van der Waals surface area contributed by atoms with Crippen LogP contribution in [0.1, 0.15) is 18.3 Å². The smallest absolute Gasteiger partial charge is 0.344 e. The Labute approximate surface area is 191 Å². The summed E-state index contributed by atoms with van der Waals surface area (Å²) in [5, 5.41) is 4.93. The summed E-state index contributed by atoms with van der Waals surface area (Å²) in [7, 11) is 1.45. The van der Waals surface area contributed by atoms with Crippen LogP contribution in [0, 0.1) is 6.92 Å². The highest BCUT2D eigenvalue weighted by Gasteiger charge is 2.14. The molecule has 31 heavy (non-hydrogen) atoms. The first-order valence-corrected chi connectivity index (χ1v) is 10.4. The van der Waals surface area contributed by atoms with Crippen LogP contribution in [0.25, 0.3) is 10.9 Å². The van der Waals surface area contributed by atoms with Gasteiger partial charge in [0, 0.05) is 4.47 Å². The third-order valence-corrected chi connectivity index (χ3v) is 4.96. The fraction of sp³-hybridized carbons (Fsp3) is 0.238. The molecule has 0 aliphatic rings. The Morgan fingerprint density at radius 1 is 1.32 bits per heavy atom. The highest BCUT2D eigenvalue weighted by Crippen LogP contribution is 2.36. The van der Waals surface area contributed by atoms with Crippen molar-refractivity contribution < 1.29 is 19.0 Å². The number of aryl methyl sites for hydroxylation is 1. The number of fused-ring (bicyclic) bond motifs is 1. The summed E-state index contributed by atoms with van der Waals surface area (Å²) in [5.74, 6) is 0.433. The molecule has 0 bridgehead atoms. The Morgan fingerprint density at radius 2 is 2.10 bits per heavy atom. The van der Waals surface area contributed by atoms with Crippen LogP contribution in [-0.4, -0.2) is 42.2 Å². The Balaban J connectivity index is 1.93.